The van der Waals surface area contributed by atoms with E-state index >= 15 is 0 Å². The van der Waals surface area contributed by atoms with Crippen LogP contribution in [0.25, 0.3) is 0 Å². The van der Waals surface area contributed by atoms with Crippen molar-refractivity contribution in [3.8, 4) is 5.75 Å². The summed E-state index contributed by atoms with van der Waals surface area (Å²) in [4.78, 5) is 24.2. The first-order valence-corrected chi connectivity index (χ1v) is 11.9. The molecule has 0 aliphatic heterocycles. The van der Waals surface area contributed by atoms with Crippen LogP contribution < -0.4 is 4.74 Å². The number of rotatable bonds is 18. The maximum Gasteiger partial charge on any atom is 0.340 e. The molecular weight excluding hydrogens is 376 g/mol. The van der Waals surface area contributed by atoms with Gasteiger partial charge in [0.2, 0.25) is 0 Å². The Kier molecular flexibility index (Phi) is 15.0. The third-order valence-corrected chi connectivity index (χ3v) is 5.30. The van der Waals surface area contributed by atoms with Crippen molar-refractivity contribution in [1.82, 2.24) is 0 Å². The van der Waals surface area contributed by atoms with Crippen LogP contribution in [0, 0.1) is 5.92 Å². The van der Waals surface area contributed by atoms with Gasteiger partial charge in [-0.3, -0.25) is 0 Å². The lowest BCUT2D eigenvalue weighted by Crippen LogP contribution is -2.33. The van der Waals surface area contributed by atoms with Gasteiger partial charge in [-0.1, -0.05) is 89.3 Å². The number of hydrogen-bond acceptors (Lipinski definition) is 4. The molecule has 30 heavy (non-hydrogen) atoms. The highest BCUT2D eigenvalue weighted by Gasteiger charge is 2.26. The molecule has 4 nitrogen and oxygen atoms in total. The average molecular weight is 419 g/mol. The summed E-state index contributed by atoms with van der Waals surface area (Å²) in [6.45, 7) is 6.03. The fourth-order valence-electron chi connectivity index (χ4n) is 3.62. The largest absolute Gasteiger partial charge is 0.425 e. The highest BCUT2D eigenvalue weighted by Crippen LogP contribution is 2.20. The van der Waals surface area contributed by atoms with Crippen LogP contribution in [0.2, 0.25) is 0 Å². The van der Waals surface area contributed by atoms with Crippen LogP contribution in [0.3, 0.4) is 0 Å². The minimum absolute atomic E-state index is 0.108. The predicted molar refractivity (Wildman–Crippen MR) is 123 cm³/mol. The summed E-state index contributed by atoms with van der Waals surface area (Å²) in [5.41, 5.74) is 0. The molecule has 0 bridgehead atoms. The smallest absolute Gasteiger partial charge is 0.340 e. The van der Waals surface area contributed by atoms with Gasteiger partial charge in [0.05, 0.1) is 6.10 Å². The van der Waals surface area contributed by atoms with E-state index in [-0.39, 0.29) is 12.0 Å². The topological polar surface area (TPSA) is 52.6 Å². The van der Waals surface area contributed by atoms with Crippen molar-refractivity contribution in [2.75, 3.05) is 0 Å². The third-order valence-electron chi connectivity index (χ3n) is 5.30. The number of para-hydroxylation sites is 1. The van der Waals surface area contributed by atoms with Crippen LogP contribution in [0.4, 0.5) is 0 Å². The monoisotopic (exact) mass is 418 g/mol. The number of unbranched alkanes of at least 4 members (excludes halogenated alkanes) is 9. The molecule has 1 rings (SSSR count). The summed E-state index contributed by atoms with van der Waals surface area (Å²) in [5.74, 6) is -0.104. The van der Waals surface area contributed by atoms with Gasteiger partial charge in [0.15, 0.2) is 6.10 Å². The van der Waals surface area contributed by atoms with Crippen LogP contribution >= 0.6 is 0 Å². The van der Waals surface area contributed by atoms with Gasteiger partial charge in [-0.05, 0) is 38.8 Å². The van der Waals surface area contributed by atoms with Crippen LogP contribution in [0.15, 0.2) is 30.3 Å². The molecular formula is C26H42O4. The standard InChI is InChI=1S/C26H42O4/c1-4-5-6-7-8-9-10-11-12-14-17-23(21-27)20-25(29-22(2)3)26(28)30-24-18-15-13-16-19-24/h13,15-16,18-19,21-23,25H,4-12,14,17,20H2,1-3H3. The highest BCUT2D eigenvalue weighted by atomic mass is 16.6. The molecule has 0 fully saturated rings. The lowest BCUT2D eigenvalue weighted by atomic mass is 9.95. The van der Waals surface area contributed by atoms with E-state index in [1.54, 1.807) is 12.1 Å². The number of ether oxygens (including phenoxy) is 2. The van der Waals surface area contributed by atoms with Gasteiger partial charge >= 0.3 is 5.97 Å². The fourth-order valence-corrected chi connectivity index (χ4v) is 3.62. The predicted octanol–water partition coefficient (Wildman–Crippen LogP) is 6.90. The Hall–Kier alpha value is -1.68. The van der Waals surface area contributed by atoms with Gasteiger partial charge in [0.25, 0.3) is 0 Å². The van der Waals surface area contributed by atoms with Gasteiger partial charge in [0, 0.05) is 5.92 Å². The van der Waals surface area contributed by atoms with E-state index in [4.69, 9.17) is 9.47 Å². The SMILES string of the molecule is CCCCCCCCCCCCC(C=O)CC(OC(C)C)C(=O)Oc1ccccc1. The lowest BCUT2D eigenvalue weighted by molar-refractivity contribution is -0.151. The van der Waals surface area contributed by atoms with Crippen LogP contribution in [-0.2, 0) is 14.3 Å². The zero-order valence-electron chi connectivity index (χ0n) is 19.3. The van der Waals surface area contributed by atoms with E-state index in [1.165, 1.54) is 51.4 Å². The molecule has 0 amide bonds. The molecule has 0 aliphatic rings. The van der Waals surface area contributed by atoms with E-state index in [2.05, 4.69) is 6.92 Å². The Morgan fingerprint density at radius 3 is 2.00 bits per heavy atom. The second-order valence-corrected chi connectivity index (χ2v) is 8.51. The zero-order chi connectivity index (χ0) is 22.0. The summed E-state index contributed by atoms with van der Waals surface area (Å²) in [5, 5.41) is 0. The summed E-state index contributed by atoms with van der Waals surface area (Å²) in [6, 6.07) is 8.99. The molecule has 0 heterocycles. The fraction of sp³-hybridized carbons (Fsp3) is 0.692. The van der Waals surface area contributed by atoms with Gasteiger partial charge in [-0.2, -0.15) is 0 Å². The van der Waals surface area contributed by atoms with Crippen molar-refractivity contribution in [3.05, 3.63) is 30.3 Å². The summed E-state index contributed by atoms with van der Waals surface area (Å²) in [6.07, 6.45) is 14.0. The molecule has 0 aliphatic carbocycles. The van der Waals surface area contributed by atoms with Crippen LogP contribution in [0.5, 0.6) is 5.75 Å². The molecule has 0 saturated carbocycles. The molecule has 0 radical (unpaired) electrons. The van der Waals surface area contributed by atoms with Gasteiger partial charge in [0.1, 0.15) is 12.0 Å². The number of aldehydes is 1. The lowest BCUT2D eigenvalue weighted by Gasteiger charge is -2.21. The second-order valence-electron chi connectivity index (χ2n) is 8.51. The normalized spacial score (nSPS) is 13.2. The van der Waals surface area contributed by atoms with Gasteiger partial charge < -0.3 is 14.3 Å². The molecule has 170 valence electrons. The first-order chi connectivity index (χ1) is 14.6. The van der Waals surface area contributed by atoms with Crippen molar-refractivity contribution in [2.24, 2.45) is 5.92 Å². The Morgan fingerprint density at radius 2 is 1.47 bits per heavy atom. The number of carbonyl (C=O) groups excluding carboxylic acids is 2. The van der Waals surface area contributed by atoms with E-state index in [1.807, 2.05) is 32.0 Å². The van der Waals surface area contributed by atoms with E-state index in [0.717, 1.165) is 25.5 Å². The maximum absolute atomic E-state index is 12.6. The molecule has 0 saturated heterocycles. The van der Waals surface area contributed by atoms with E-state index in [9.17, 15) is 9.59 Å². The highest BCUT2D eigenvalue weighted by molar-refractivity contribution is 5.77. The molecule has 2 atom stereocenters. The van der Waals surface area contributed by atoms with Crippen molar-refractivity contribution in [1.29, 1.82) is 0 Å². The van der Waals surface area contributed by atoms with E-state index in [0.29, 0.717) is 12.2 Å². The Balaban J connectivity index is 2.33. The number of benzene rings is 1. The second kappa shape index (κ2) is 17.0. The average Bonchev–Trinajstić information content (AvgIpc) is 2.73. The van der Waals surface area contributed by atoms with Crippen LogP contribution in [-0.4, -0.2) is 24.5 Å². The first-order valence-electron chi connectivity index (χ1n) is 11.9. The molecule has 0 N–H and O–H groups in total. The minimum Gasteiger partial charge on any atom is -0.425 e. The van der Waals surface area contributed by atoms with Crippen LogP contribution in [0.1, 0.15) is 97.8 Å². The van der Waals surface area contributed by atoms with E-state index < -0.39 is 12.1 Å². The van der Waals surface area contributed by atoms with Gasteiger partial charge in [-0.25, -0.2) is 4.79 Å². The zero-order valence-corrected chi connectivity index (χ0v) is 19.3. The maximum atomic E-state index is 12.6. The summed E-state index contributed by atoms with van der Waals surface area (Å²) >= 11 is 0. The van der Waals surface area contributed by atoms with Crippen molar-refractivity contribution < 1.29 is 19.1 Å². The molecule has 1 aromatic carbocycles. The minimum atomic E-state index is -0.719. The molecule has 0 aromatic heterocycles. The number of hydrogen-bond donors (Lipinski definition) is 0. The molecule has 0 spiro atoms. The van der Waals surface area contributed by atoms with Gasteiger partial charge in [-0.15, -0.1) is 0 Å². The quantitative estimate of drug-likeness (QED) is 0.113. The summed E-state index contributed by atoms with van der Waals surface area (Å²) < 4.78 is 11.2. The summed E-state index contributed by atoms with van der Waals surface area (Å²) in [7, 11) is 0. The molecule has 2 unspecified atom stereocenters. The number of carbonyl (C=O) groups is 2. The Labute approximate surface area is 183 Å². The Bertz CT molecular complexity index is 555. The van der Waals surface area contributed by atoms with Crippen molar-refractivity contribution in [3.63, 3.8) is 0 Å². The number of esters is 1. The molecule has 1 aromatic rings. The first kappa shape index (κ1) is 26.4. The third kappa shape index (κ3) is 12.8. The van der Waals surface area contributed by atoms with Crippen molar-refractivity contribution >= 4 is 12.3 Å². The van der Waals surface area contributed by atoms with Crippen molar-refractivity contribution in [2.45, 2.75) is 110 Å². The Morgan fingerprint density at radius 1 is 0.900 bits per heavy atom. The molecule has 4 heteroatoms.